The van der Waals surface area contributed by atoms with Gasteiger partial charge in [-0.2, -0.15) is 5.10 Å². The number of hydrogen-bond donors (Lipinski definition) is 2. The van der Waals surface area contributed by atoms with Crippen LogP contribution in [-0.2, 0) is 0 Å². The zero-order valence-corrected chi connectivity index (χ0v) is 8.67. The van der Waals surface area contributed by atoms with Crippen LogP contribution in [0.5, 0.6) is 0 Å². The van der Waals surface area contributed by atoms with Crippen molar-refractivity contribution in [3.8, 4) is 0 Å². The third kappa shape index (κ3) is 1.53. The maximum Gasteiger partial charge on any atom is 0.146 e. The lowest BCUT2D eigenvalue weighted by Gasteiger charge is -2.03. The number of hydrazine groups is 1. The minimum atomic E-state index is 0.415. The number of aromatic nitrogens is 3. The van der Waals surface area contributed by atoms with E-state index >= 15 is 0 Å². The Labute approximate surface area is 92.2 Å². The fourth-order valence-corrected chi connectivity index (χ4v) is 1.59. The van der Waals surface area contributed by atoms with Gasteiger partial charge >= 0.3 is 0 Å². The molecule has 16 heavy (non-hydrogen) atoms. The van der Waals surface area contributed by atoms with E-state index in [1.165, 1.54) is 0 Å². The van der Waals surface area contributed by atoms with Crippen LogP contribution in [0.2, 0.25) is 0 Å². The summed E-state index contributed by atoms with van der Waals surface area (Å²) in [5.41, 5.74) is 4.43. The molecule has 6 heteroatoms. The Bertz CT molecular complexity index is 539. The van der Waals surface area contributed by atoms with Crippen molar-refractivity contribution in [2.24, 2.45) is 10.8 Å². The van der Waals surface area contributed by atoms with Gasteiger partial charge < -0.3 is 5.43 Å². The van der Waals surface area contributed by atoms with Crippen LogP contribution in [-0.4, -0.2) is 26.5 Å². The van der Waals surface area contributed by atoms with E-state index in [2.05, 4.69) is 20.5 Å². The number of nitrogens with zero attached hydrogens (tertiary/aromatic N) is 4. The van der Waals surface area contributed by atoms with Gasteiger partial charge in [0, 0.05) is 12.4 Å². The summed E-state index contributed by atoms with van der Waals surface area (Å²) in [6, 6.07) is 0.415. The average molecular weight is 216 g/mol. The van der Waals surface area contributed by atoms with Crippen molar-refractivity contribution in [3.05, 3.63) is 30.4 Å². The highest BCUT2D eigenvalue weighted by Crippen LogP contribution is 2.24. The van der Waals surface area contributed by atoms with E-state index in [1.807, 2.05) is 0 Å². The van der Waals surface area contributed by atoms with Gasteiger partial charge in [0.15, 0.2) is 0 Å². The van der Waals surface area contributed by atoms with Crippen molar-refractivity contribution < 1.29 is 0 Å². The maximum atomic E-state index is 5.49. The van der Waals surface area contributed by atoms with E-state index in [4.69, 9.17) is 5.84 Å². The van der Waals surface area contributed by atoms with Gasteiger partial charge in [-0.15, -0.1) is 0 Å². The summed E-state index contributed by atoms with van der Waals surface area (Å²) in [4.78, 5) is 8.57. The maximum absolute atomic E-state index is 5.49. The number of rotatable bonds is 2. The first-order valence-electron chi connectivity index (χ1n) is 5.20. The first-order chi connectivity index (χ1) is 7.88. The van der Waals surface area contributed by atoms with Crippen LogP contribution in [0.25, 0.3) is 5.52 Å². The van der Waals surface area contributed by atoms with Gasteiger partial charge in [-0.05, 0) is 12.8 Å². The Hall–Kier alpha value is -1.95. The lowest BCUT2D eigenvalue weighted by molar-refractivity contribution is 0.946. The standard InChI is InChI=1S/C10H12N6/c11-15-10(14-7-1-2-7)8-5-13-16-4-3-12-6-9(8)16/h3-7H,1-2,11H2,(H,14,15). The van der Waals surface area contributed by atoms with Crippen LogP contribution >= 0.6 is 0 Å². The minimum Gasteiger partial charge on any atom is -0.308 e. The van der Waals surface area contributed by atoms with Gasteiger partial charge in [0.25, 0.3) is 0 Å². The van der Waals surface area contributed by atoms with Gasteiger partial charge in [0.2, 0.25) is 0 Å². The molecule has 0 amide bonds. The van der Waals surface area contributed by atoms with Gasteiger partial charge in [0.05, 0.1) is 29.5 Å². The molecule has 1 saturated carbocycles. The average Bonchev–Trinajstić information content (AvgIpc) is 3.04. The Morgan fingerprint density at radius 1 is 1.50 bits per heavy atom. The second kappa shape index (κ2) is 3.57. The van der Waals surface area contributed by atoms with Crippen LogP contribution in [0, 0.1) is 0 Å². The number of nitrogens with one attached hydrogen (secondary N) is 1. The van der Waals surface area contributed by atoms with Gasteiger partial charge in [-0.25, -0.2) is 10.4 Å². The highest BCUT2D eigenvalue weighted by molar-refractivity contribution is 6.04. The molecule has 2 aromatic heterocycles. The van der Waals surface area contributed by atoms with Gasteiger partial charge in [0.1, 0.15) is 5.84 Å². The summed E-state index contributed by atoms with van der Waals surface area (Å²) >= 11 is 0. The summed E-state index contributed by atoms with van der Waals surface area (Å²) in [5.74, 6) is 6.18. The second-order valence-electron chi connectivity index (χ2n) is 3.82. The van der Waals surface area contributed by atoms with Crippen molar-refractivity contribution in [1.82, 2.24) is 20.0 Å². The van der Waals surface area contributed by atoms with E-state index < -0.39 is 0 Å². The zero-order valence-electron chi connectivity index (χ0n) is 8.67. The molecule has 3 rings (SSSR count). The lowest BCUT2D eigenvalue weighted by Crippen LogP contribution is -2.31. The SMILES string of the molecule is NNC(=NC1CC1)c1cnn2ccncc12. The van der Waals surface area contributed by atoms with Gasteiger partial charge in [-0.1, -0.05) is 0 Å². The monoisotopic (exact) mass is 216 g/mol. The Morgan fingerprint density at radius 3 is 3.12 bits per heavy atom. The molecule has 0 aromatic carbocycles. The molecule has 82 valence electrons. The predicted octanol–water partition coefficient (Wildman–Crippen LogP) is 0.102. The van der Waals surface area contributed by atoms with E-state index in [-0.39, 0.29) is 0 Å². The molecule has 1 aliphatic rings. The molecule has 2 heterocycles. The molecule has 0 bridgehead atoms. The van der Waals surface area contributed by atoms with Crippen molar-refractivity contribution in [1.29, 1.82) is 0 Å². The smallest absolute Gasteiger partial charge is 0.146 e. The Morgan fingerprint density at radius 2 is 2.38 bits per heavy atom. The molecule has 6 nitrogen and oxygen atoms in total. The van der Waals surface area contributed by atoms with Crippen LogP contribution in [0.4, 0.5) is 0 Å². The summed E-state index contributed by atoms with van der Waals surface area (Å²) in [7, 11) is 0. The second-order valence-corrected chi connectivity index (χ2v) is 3.82. The summed E-state index contributed by atoms with van der Waals surface area (Å²) in [6.07, 6.45) is 9.27. The largest absolute Gasteiger partial charge is 0.308 e. The first-order valence-corrected chi connectivity index (χ1v) is 5.20. The third-order valence-corrected chi connectivity index (χ3v) is 2.58. The lowest BCUT2D eigenvalue weighted by atomic mass is 10.2. The summed E-state index contributed by atoms with van der Waals surface area (Å²) in [6.45, 7) is 0. The molecule has 2 aromatic rings. The topological polar surface area (TPSA) is 80.6 Å². The fourth-order valence-electron chi connectivity index (χ4n) is 1.59. The zero-order chi connectivity index (χ0) is 11.0. The molecule has 0 atom stereocenters. The van der Waals surface area contributed by atoms with Crippen molar-refractivity contribution >= 4 is 11.4 Å². The fraction of sp³-hybridized carbons (Fsp3) is 0.300. The molecule has 0 aliphatic heterocycles. The highest BCUT2D eigenvalue weighted by Gasteiger charge is 2.22. The molecule has 0 unspecified atom stereocenters. The van der Waals surface area contributed by atoms with E-state index in [0.717, 1.165) is 23.9 Å². The Kier molecular flexibility index (Phi) is 2.07. The molecule has 1 fully saturated rings. The summed E-state index contributed by atoms with van der Waals surface area (Å²) in [5, 5.41) is 4.22. The molecule has 0 radical (unpaired) electrons. The minimum absolute atomic E-state index is 0.415. The van der Waals surface area contributed by atoms with Crippen molar-refractivity contribution in [2.45, 2.75) is 18.9 Å². The first kappa shape index (κ1) is 9.29. The molecule has 3 N–H and O–H groups in total. The molecular weight excluding hydrogens is 204 g/mol. The third-order valence-electron chi connectivity index (χ3n) is 2.58. The van der Waals surface area contributed by atoms with Crippen LogP contribution in [0.3, 0.4) is 0 Å². The van der Waals surface area contributed by atoms with Crippen LogP contribution < -0.4 is 11.3 Å². The molecule has 0 spiro atoms. The number of nitrogens with two attached hydrogens (primary N) is 1. The van der Waals surface area contributed by atoms with E-state index in [1.54, 1.807) is 29.3 Å². The van der Waals surface area contributed by atoms with E-state index in [0.29, 0.717) is 11.9 Å². The summed E-state index contributed by atoms with van der Waals surface area (Å²) < 4.78 is 1.75. The van der Waals surface area contributed by atoms with Crippen molar-refractivity contribution in [3.63, 3.8) is 0 Å². The van der Waals surface area contributed by atoms with Crippen molar-refractivity contribution in [2.75, 3.05) is 0 Å². The van der Waals surface area contributed by atoms with E-state index in [9.17, 15) is 0 Å². The quantitative estimate of drug-likeness (QED) is 0.323. The van der Waals surface area contributed by atoms with Crippen LogP contribution in [0.1, 0.15) is 18.4 Å². The Balaban J connectivity index is 2.09. The van der Waals surface area contributed by atoms with Crippen LogP contribution in [0.15, 0.2) is 29.8 Å². The van der Waals surface area contributed by atoms with Gasteiger partial charge in [-0.3, -0.25) is 9.98 Å². The number of amidine groups is 1. The predicted molar refractivity (Wildman–Crippen MR) is 59.9 cm³/mol. The number of hydrogen-bond acceptors (Lipinski definition) is 4. The highest BCUT2D eigenvalue weighted by atomic mass is 15.3. The molecule has 1 aliphatic carbocycles. The number of aliphatic imine (C=N–C) groups is 1. The molecular formula is C10H12N6. The number of fused-ring (bicyclic) bond motifs is 1. The normalized spacial score (nSPS) is 16.7. The molecule has 0 saturated heterocycles.